The van der Waals surface area contributed by atoms with E-state index in [1.54, 1.807) is 6.07 Å². The first-order valence-electron chi connectivity index (χ1n) is 7.15. The van der Waals surface area contributed by atoms with Gasteiger partial charge in [-0.2, -0.15) is 0 Å². The molecule has 0 aliphatic carbocycles. The number of carboxylic acids is 1. The molecule has 6 nitrogen and oxygen atoms in total. The van der Waals surface area contributed by atoms with Gasteiger partial charge in [-0.15, -0.1) is 0 Å². The Bertz CT molecular complexity index is 587. The molecule has 21 heavy (non-hydrogen) atoms. The minimum atomic E-state index is -1.07. The van der Waals surface area contributed by atoms with E-state index in [2.05, 4.69) is 5.32 Å². The van der Waals surface area contributed by atoms with Gasteiger partial charge in [-0.25, -0.2) is 4.79 Å². The Morgan fingerprint density at radius 1 is 1.33 bits per heavy atom. The van der Waals surface area contributed by atoms with Gasteiger partial charge in [-0.05, 0) is 36.6 Å². The zero-order valence-corrected chi connectivity index (χ0v) is 11.6. The van der Waals surface area contributed by atoms with E-state index in [0.717, 1.165) is 30.6 Å². The van der Waals surface area contributed by atoms with Crippen LogP contribution in [0, 0.1) is 0 Å². The molecule has 0 spiro atoms. The third-order valence-corrected chi connectivity index (χ3v) is 4.12. The van der Waals surface area contributed by atoms with Crippen molar-refractivity contribution in [1.29, 1.82) is 0 Å². The van der Waals surface area contributed by atoms with Crippen molar-refractivity contribution in [3.63, 3.8) is 0 Å². The van der Waals surface area contributed by atoms with Crippen LogP contribution < -0.4 is 5.32 Å². The summed E-state index contributed by atoms with van der Waals surface area (Å²) in [5.41, 5.74) is 2.60. The second-order valence-electron chi connectivity index (χ2n) is 5.60. The largest absolute Gasteiger partial charge is 0.480 e. The SMILES string of the molecule is O=C(O)[C@@H]1CC(O)CN1C(=O)c1ccc2c(c1)CCCN2. The minimum absolute atomic E-state index is 0.0745. The van der Waals surface area contributed by atoms with Crippen molar-refractivity contribution >= 4 is 17.6 Å². The molecule has 2 aliphatic heterocycles. The molecule has 2 aliphatic rings. The molecule has 0 radical (unpaired) electrons. The molecule has 1 saturated heterocycles. The highest BCUT2D eigenvalue weighted by atomic mass is 16.4. The summed E-state index contributed by atoms with van der Waals surface area (Å²) in [6.07, 6.45) is 1.25. The number of aryl methyl sites for hydroxylation is 1. The summed E-state index contributed by atoms with van der Waals surface area (Å²) >= 11 is 0. The second-order valence-corrected chi connectivity index (χ2v) is 5.60. The van der Waals surface area contributed by atoms with E-state index in [0.29, 0.717) is 5.56 Å². The van der Waals surface area contributed by atoms with Crippen LogP contribution in [0.25, 0.3) is 0 Å². The van der Waals surface area contributed by atoms with Gasteiger partial charge in [0.2, 0.25) is 0 Å². The Balaban J connectivity index is 1.86. The number of hydrogen-bond acceptors (Lipinski definition) is 4. The Morgan fingerprint density at radius 2 is 2.14 bits per heavy atom. The van der Waals surface area contributed by atoms with Crippen molar-refractivity contribution in [3.8, 4) is 0 Å². The monoisotopic (exact) mass is 290 g/mol. The maximum Gasteiger partial charge on any atom is 0.326 e. The van der Waals surface area contributed by atoms with Gasteiger partial charge in [0.1, 0.15) is 6.04 Å². The number of carboxylic acid groups (broad SMARTS) is 1. The maximum atomic E-state index is 12.5. The molecule has 0 aromatic heterocycles. The van der Waals surface area contributed by atoms with Crippen LogP contribution in [-0.2, 0) is 11.2 Å². The number of carbonyl (C=O) groups excluding carboxylic acids is 1. The smallest absolute Gasteiger partial charge is 0.326 e. The van der Waals surface area contributed by atoms with Crippen LogP contribution >= 0.6 is 0 Å². The predicted molar refractivity (Wildman–Crippen MR) is 76.3 cm³/mol. The van der Waals surface area contributed by atoms with E-state index in [9.17, 15) is 19.8 Å². The Kier molecular flexibility index (Phi) is 3.55. The molecular formula is C15H18N2O4. The van der Waals surface area contributed by atoms with Crippen LogP contribution in [0.3, 0.4) is 0 Å². The summed E-state index contributed by atoms with van der Waals surface area (Å²) in [6, 6.07) is 4.46. The summed E-state index contributed by atoms with van der Waals surface area (Å²) < 4.78 is 0. The molecule has 1 unspecified atom stereocenters. The van der Waals surface area contributed by atoms with E-state index in [1.807, 2.05) is 12.1 Å². The maximum absolute atomic E-state index is 12.5. The number of anilines is 1. The van der Waals surface area contributed by atoms with Gasteiger partial charge in [0.25, 0.3) is 5.91 Å². The molecule has 2 atom stereocenters. The number of hydrogen-bond donors (Lipinski definition) is 3. The Labute approximate surface area is 122 Å². The number of aliphatic hydroxyl groups is 1. The molecule has 1 amide bonds. The lowest BCUT2D eigenvalue weighted by atomic mass is 10.00. The van der Waals surface area contributed by atoms with E-state index in [-0.39, 0.29) is 18.9 Å². The van der Waals surface area contributed by atoms with E-state index in [4.69, 9.17) is 0 Å². The van der Waals surface area contributed by atoms with Gasteiger partial charge in [-0.1, -0.05) is 0 Å². The molecule has 1 fully saturated rings. The molecule has 2 heterocycles. The molecule has 1 aromatic rings. The Morgan fingerprint density at radius 3 is 2.90 bits per heavy atom. The van der Waals surface area contributed by atoms with Crippen molar-refractivity contribution in [2.45, 2.75) is 31.4 Å². The number of likely N-dealkylation sites (tertiary alicyclic amines) is 1. The minimum Gasteiger partial charge on any atom is -0.480 e. The van der Waals surface area contributed by atoms with Crippen LogP contribution in [-0.4, -0.2) is 52.2 Å². The van der Waals surface area contributed by atoms with E-state index < -0.39 is 18.1 Å². The number of carbonyl (C=O) groups is 2. The fraction of sp³-hybridized carbons (Fsp3) is 0.467. The predicted octanol–water partition coefficient (Wildman–Crippen LogP) is 0.705. The lowest BCUT2D eigenvalue weighted by Gasteiger charge is -2.23. The summed E-state index contributed by atoms with van der Waals surface area (Å²) in [5, 5.41) is 22.1. The lowest BCUT2D eigenvalue weighted by Crippen LogP contribution is -2.40. The zero-order chi connectivity index (χ0) is 15.0. The third kappa shape index (κ3) is 2.58. The fourth-order valence-electron chi connectivity index (χ4n) is 3.05. The van der Waals surface area contributed by atoms with Crippen molar-refractivity contribution in [2.75, 3.05) is 18.4 Å². The number of benzene rings is 1. The molecule has 3 N–H and O–H groups in total. The molecule has 3 rings (SSSR count). The molecule has 0 saturated carbocycles. The molecule has 112 valence electrons. The summed E-state index contributed by atoms with van der Waals surface area (Å²) in [6.45, 7) is 1.00. The van der Waals surface area contributed by atoms with Crippen molar-refractivity contribution < 1.29 is 19.8 Å². The number of amides is 1. The molecule has 6 heteroatoms. The highest BCUT2D eigenvalue weighted by Gasteiger charge is 2.39. The highest BCUT2D eigenvalue weighted by Crippen LogP contribution is 2.26. The van der Waals surface area contributed by atoms with Gasteiger partial charge in [0.05, 0.1) is 6.10 Å². The average Bonchev–Trinajstić information content (AvgIpc) is 2.88. The normalized spacial score (nSPS) is 24.3. The first-order chi connectivity index (χ1) is 10.1. The van der Waals surface area contributed by atoms with E-state index >= 15 is 0 Å². The number of nitrogens with zero attached hydrogens (tertiary/aromatic N) is 1. The second kappa shape index (κ2) is 5.37. The highest BCUT2D eigenvalue weighted by molar-refractivity contribution is 5.97. The van der Waals surface area contributed by atoms with Crippen molar-refractivity contribution in [2.24, 2.45) is 0 Å². The number of fused-ring (bicyclic) bond motifs is 1. The Hall–Kier alpha value is -2.08. The molecule has 0 bridgehead atoms. The standard InChI is InChI=1S/C15H18N2O4/c18-11-7-13(15(20)21)17(8-11)14(19)10-3-4-12-9(6-10)2-1-5-16-12/h3-4,6,11,13,16,18H,1-2,5,7-8H2,(H,20,21)/t11?,13-/m0/s1. The van der Waals surface area contributed by atoms with E-state index in [1.165, 1.54) is 4.90 Å². The average molecular weight is 290 g/mol. The number of nitrogens with one attached hydrogen (secondary N) is 1. The number of aliphatic hydroxyl groups excluding tert-OH is 1. The topological polar surface area (TPSA) is 89.9 Å². The molecular weight excluding hydrogens is 272 g/mol. The van der Waals surface area contributed by atoms with Crippen LogP contribution in [0.1, 0.15) is 28.8 Å². The van der Waals surface area contributed by atoms with Gasteiger partial charge in [0, 0.05) is 30.8 Å². The third-order valence-electron chi connectivity index (χ3n) is 4.12. The van der Waals surface area contributed by atoms with Gasteiger partial charge in [0.15, 0.2) is 0 Å². The fourth-order valence-corrected chi connectivity index (χ4v) is 3.05. The van der Waals surface area contributed by atoms with Gasteiger partial charge in [-0.3, -0.25) is 4.79 Å². The van der Waals surface area contributed by atoms with Crippen LogP contribution in [0.15, 0.2) is 18.2 Å². The first kappa shape index (κ1) is 13.9. The number of β-amino-alcohol motifs (C(OH)–C–C–N with tert-alkyl or cyclic N) is 1. The van der Waals surface area contributed by atoms with Crippen molar-refractivity contribution in [1.82, 2.24) is 4.90 Å². The quantitative estimate of drug-likeness (QED) is 0.746. The van der Waals surface area contributed by atoms with Crippen LogP contribution in [0.5, 0.6) is 0 Å². The van der Waals surface area contributed by atoms with Crippen LogP contribution in [0.2, 0.25) is 0 Å². The van der Waals surface area contributed by atoms with Gasteiger partial charge < -0.3 is 20.4 Å². The lowest BCUT2D eigenvalue weighted by molar-refractivity contribution is -0.141. The number of aliphatic carboxylic acids is 1. The molecule has 1 aromatic carbocycles. The summed E-state index contributed by atoms with van der Waals surface area (Å²) in [4.78, 5) is 25.0. The van der Waals surface area contributed by atoms with Gasteiger partial charge >= 0.3 is 5.97 Å². The van der Waals surface area contributed by atoms with Crippen molar-refractivity contribution in [3.05, 3.63) is 29.3 Å². The summed E-state index contributed by atoms with van der Waals surface area (Å²) in [7, 11) is 0. The zero-order valence-electron chi connectivity index (χ0n) is 11.6. The summed E-state index contributed by atoms with van der Waals surface area (Å²) in [5.74, 6) is -1.40. The van der Waals surface area contributed by atoms with Crippen LogP contribution in [0.4, 0.5) is 5.69 Å². The first-order valence-corrected chi connectivity index (χ1v) is 7.15. The number of rotatable bonds is 2.